The zero-order valence-corrected chi connectivity index (χ0v) is 5.56. The first-order chi connectivity index (χ1) is 4.02. The second kappa shape index (κ2) is 1.68. The Kier molecular flexibility index (Phi) is 1.30. The maximum absolute atomic E-state index is 10.3. The molecule has 1 aliphatic carbocycles. The molecule has 0 bridgehead atoms. The molecule has 0 radical (unpaired) electrons. The number of hydrogen-bond donors (Lipinski definition) is 2. The molecule has 0 spiro atoms. The van der Waals surface area contributed by atoms with Crippen molar-refractivity contribution in [3.05, 3.63) is 0 Å². The standard InChI is InChI=1S/C4H8O4S/c5-3-4(1-2-4)9(6,7)8/h5H,1-3H2,(H,6,7,8). The maximum Gasteiger partial charge on any atom is 0.272 e. The molecule has 0 aliphatic heterocycles. The fourth-order valence-corrected chi connectivity index (χ4v) is 1.42. The number of rotatable bonds is 2. The molecule has 1 aliphatic rings. The fraction of sp³-hybridized carbons (Fsp3) is 1.00. The molecular weight excluding hydrogens is 144 g/mol. The van der Waals surface area contributed by atoms with E-state index in [0.717, 1.165) is 0 Å². The van der Waals surface area contributed by atoms with Crippen LogP contribution < -0.4 is 0 Å². The zero-order chi connectivity index (χ0) is 7.12. The minimum Gasteiger partial charge on any atom is -0.395 e. The Morgan fingerprint density at radius 2 is 1.89 bits per heavy atom. The Morgan fingerprint density at radius 1 is 1.44 bits per heavy atom. The average molecular weight is 152 g/mol. The van der Waals surface area contributed by atoms with Gasteiger partial charge in [-0.05, 0) is 12.8 Å². The predicted molar refractivity (Wildman–Crippen MR) is 30.6 cm³/mol. The van der Waals surface area contributed by atoms with Crippen molar-refractivity contribution in [3.8, 4) is 0 Å². The number of aliphatic hydroxyl groups excluding tert-OH is 1. The van der Waals surface area contributed by atoms with E-state index in [0.29, 0.717) is 12.8 Å². The molecule has 0 aromatic heterocycles. The SMILES string of the molecule is O=S(=O)(O)C1(CO)CC1. The number of hydrogen-bond acceptors (Lipinski definition) is 3. The lowest BCUT2D eigenvalue weighted by Gasteiger charge is -2.04. The third-order valence-electron chi connectivity index (χ3n) is 1.64. The van der Waals surface area contributed by atoms with Crippen LogP contribution in [-0.2, 0) is 10.1 Å². The van der Waals surface area contributed by atoms with Crippen LogP contribution in [0.15, 0.2) is 0 Å². The maximum atomic E-state index is 10.3. The minimum absolute atomic E-state index is 0.377. The second-order valence-corrected chi connectivity index (χ2v) is 4.13. The lowest BCUT2D eigenvalue weighted by Crippen LogP contribution is -2.26. The first kappa shape index (κ1) is 6.98. The van der Waals surface area contributed by atoms with Crippen LogP contribution >= 0.6 is 0 Å². The third kappa shape index (κ3) is 0.953. The Morgan fingerprint density at radius 3 is 1.89 bits per heavy atom. The molecule has 1 saturated carbocycles. The summed E-state index contributed by atoms with van der Waals surface area (Å²) < 4.78 is 27.9. The van der Waals surface area contributed by atoms with Crippen LogP contribution in [0.3, 0.4) is 0 Å². The van der Waals surface area contributed by atoms with Crippen LogP contribution in [-0.4, -0.2) is 29.4 Å². The van der Waals surface area contributed by atoms with Gasteiger partial charge in [-0.3, -0.25) is 4.55 Å². The summed E-state index contributed by atoms with van der Waals surface area (Å²) in [6, 6.07) is 0. The molecular formula is C4H8O4S. The monoisotopic (exact) mass is 152 g/mol. The summed E-state index contributed by atoms with van der Waals surface area (Å²) in [5.74, 6) is 0. The van der Waals surface area contributed by atoms with Crippen LogP contribution in [0.2, 0.25) is 0 Å². The zero-order valence-electron chi connectivity index (χ0n) is 4.74. The Hall–Kier alpha value is -0.130. The van der Waals surface area contributed by atoms with Gasteiger partial charge in [-0.1, -0.05) is 0 Å². The van der Waals surface area contributed by atoms with Gasteiger partial charge in [0.15, 0.2) is 0 Å². The predicted octanol–water partition coefficient (Wildman–Crippen LogP) is -0.601. The van der Waals surface area contributed by atoms with Crippen LogP contribution in [0.5, 0.6) is 0 Å². The van der Waals surface area contributed by atoms with E-state index in [4.69, 9.17) is 9.66 Å². The van der Waals surface area contributed by atoms with Crippen LogP contribution in [0.25, 0.3) is 0 Å². The van der Waals surface area contributed by atoms with Gasteiger partial charge in [0.1, 0.15) is 4.75 Å². The first-order valence-corrected chi connectivity index (χ1v) is 4.04. The summed E-state index contributed by atoms with van der Waals surface area (Å²) in [5.41, 5.74) is 0. The van der Waals surface area contributed by atoms with Gasteiger partial charge in [-0.15, -0.1) is 0 Å². The molecule has 0 saturated heterocycles. The van der Waals surface area contributed by atoms with Crippen LogP contribution in [0, 0.1) is 0 Å². The van der Waals surface area contributed by atoms with Gasteiger partial charge in [-0.25, -0.2) is 0 Å². The van der Waals surface area contributed by atoms with Gasteiger partial charge in [-0.2, -0.15) is 8.42 Å². The van der Waals surface area contributed by atoms with E-state index in [1.165, 1.54) is 0 Å². The van der Waals surface area contributed by atoms with Gasteiger partial charge < -0.3 is 5.11 Å². The summed E-state index contributed by atoms with van der Waals surface area (Å²) in [7, 11) is -3.99. The first-order valence-electron chi connectivity index (χ1n) is 2.60. The Balaban J connectivity index is 2.85. The lowest BCUT2D eigenvalue weighted by atomic mass is 10.5. The molecule has 2 N–H and O–H groups in total. The minimum atomic E-state index is -3.99. The molecule has 0 aromatic rings. The topological polar surface area (TPSA) is 74.6 Å². The molecule has 0 amide bonds. The summed E-state index contributed by atoms with van der Waals surface area (Å²) in [6.45, 7) is -0.466. The lowest BCUT2D eigenvalue weighted by molar-refractivity contribution is 0.276. The average Bonchev–Trinajstić information content (AvgIpc) is 2.40. The summed E-state index contributed by atoms with van der Waals surface area (Å²) in [6.07, 6.45) is 0.755. The Bertz CT molecular complexity index is 201. The highest BCUT2D eigenvalue weighted by Gasteiger charge is 2.53. The smallest absolute Gasteiger partial charge is 0.272 e. The highest BCUT2D eigenvalue weighted by Crippen LogP contribution is 2.42. The van der Waals surface area contributed by atoms with E-state index < -0.39 is 21.5 Å². The quantitative estimate of drug-likeness (QED) is 0.518. The van der Waals surface area contributed by atoms with Crippen molar-refractivity contribution in [2.24, 2.45) is 0 Å². The fourth-order valence-electron chi connectivity index (χ4n) is 0.637. The summed E-state index contributed by atoms with van der Waals surface area (Å²) >= 11 is 0. The molecule has 9 heavy (non-hydrogen) atoms. The molecule has 0 unspecified atom stereocenters. The van der Waals surface area contributed by atoms with E-state index in [-0.39, 0.29) is 0 Å². The van der Waals surface area contributed by atoms with Gasteiger partial charge >= 0.3 is 0 Å². The van der Waals surface area contributed by atoms with E-state index >= 15 is 0 Å². The van der Waals surface area contributed by atoms with E-state index in [9.17, 15) is 8.42 Å². The highest BCUT2D eigenvalue weighted by atomic mass is 32.2. The summed E-state index contributed by atoms with van der Waals surface area (Å²) in [5, 5.41) is 8.45. The van der Waals surface area contributed by atoms with Gasteiger partial charge in [0.25, 0.3) is 10.1 Å². The van der Waals surface area contributed by atoms with Crippen molar-refractivity contribution in [2.75, 3.05) is 6.61 Å². The normalized spacial score (nSPS) is 23.8. The largest absolute Gasteiger partial charge is 0.395 e. The van der Waals surface area contributed by atoms with Crippen molar-refractivity contribution < 1.29 is 18.1 Å². The molecule has 5 heteroatoms. The van der Waals surface area contributed by atoms with Gasteiger partial charge in [0, 0.05) is 0 Å². The van der Waals surface area contributed by atoms with E-state index in [2.05, 4.69) is 0 Å². The highest BCUT2D eigenvalue weighted by molar-refractivity contribution is 7.87. The van der Waals surface area contributed by atoms with Crippen molar-refractivity contribution >= 4 is 10.1 Å². The number of aliphatic hydroxyl groups is 1. The van der Waals surface area contributed by atoms with Crippen molar-refractivity contribution in [3.63, 3.8) is 0 Å². The van der Waals surface area contributed by atoms with Crippen LogP contribution in [0.1, 0.15) is 12.8 Å². The molecule has 4 nitrogen and oxygen atoms in total. The Labute approximate surface area is 53.3 Å². The molecule has 1 fully saturated rings. The van der Waals surface area contributed by atoms with Crippen molar-refractivity contribution in [2.45, 2.75) is 17.6 Å². The summed E-state index contributed by atoms with van der Waals surface area (Å²) in [4.78, 5) is 0. The van der Waals surface area contributed by atoms with Crippen molar-refractivity contribution in [1.29, 1.82) is 0 Å². The molecule has 1 rings (SSSR count). The van der Waals surface area contributed by atoms with Gasteiger partial charge in [0.05, 0.1) is 6.61 Å². The molecule has 0 atom stereocenters. The molecule has 0 heterocycles. The van der Waals surface area contributed by atoms with Gasteiger partial charge in [0.2, 0.25) is 0 Å². The second-order valence-electron chi connectivity index (χ2n) is 2.32. The van der Waals surface area contributed by atoms with Crippen molar-refractivity contribution in [1.82, 2.24) is 0 Å². The molecule has 54 valence electrons. The molecule has 0 aromatic carbocycles. The van der Waals surface area contributed by atoms with E-state index in [1.807, 2.05) is 0 Å². The van der Waals surface area contributed by atoms with E-state index in [1.54, 1.807) is 0 Å². The van der Waals surface area contributed by atoms with Crippen LogP contribution in [0.4, 0.5) is 0 Å². The third-order valence-corrected chi connectivity index (χ3v) is 3.27.